The Balaban J connectivity index is 1.84. The smallest absolute Gasteiger partial charge is 0.217 e. The molecule has 0 bridgehead atoms. The predicted octanol–water partition coefficient (Wildman–Crippen LogP) is 2.66. The van der Waals surface area contributed by atoms with E-state index in [0.29, 0.717) is 4.77 Å². The van der Waals surface area contributed by atoms with Gasteiger partial charge in [-0.1, -0.05) is 34.1 Å². The van der Waals surface area contributed by atoms with Crippen LogP contribution in [0.4, 0.5) is 0 Å². The summed E-state index contributed by atoms with van der Waals surface area (Å²) in [5, 5.41) is 3.27. The van der Waals surface area contributed by atoms with E-state index in [1.807, 2.05) is 28.9 Å². The van der Waals surface area contributed by atoms with Crippen molar-refractivity contribution in [1.82, 2.24) is 19.7 Å². The van der Waals surface area contributed by atoms with Crippen molar-refractivity contribution in [1.29, 1.82) is 0 Å². The van der Waals surface area contributed by atoms with E-state index < -0.39 is 0 Å². The average molecular weight is 355 g/mol. The van der Waals surface area contributed by atoms with Crippen LogP contribution in [-0.2, 0) is 11.4 Å². The van der Waals surface area contributed by atoms with E-state index in [2.05, 4.69) is 30.9 Å². The number of nitrogens with zero attached hydrogens (tertiary/aromatic N) is 3. The monoisotopic (exact) mass is 354 g/mol. The minimum atomic E-state index is 0.572. The Morgan fingerprint density at radius 2 is 2.05 bits per heavy atom. The second kappa shape index (κ2) is 6.17. The molecule has 1 aliphatic rings. The van der Waals surface area contributed by atoms with Gasteiger partial charge in [0.05, 0.1) is 19.9 Å². The van der Waals surface area contributed by atoms with Gasteiger partial charge in [-0.3, -0.25) is 10.00 Å². The molecule has 106 valence electrons. The summed E-state index contributed by atoms with van der Waals surface area (Å²) in [6.45, 7) is 4.12. The second-order valence-corrected chi connectivity index (χ2v) is 5.85. The van der Waals surface area contributed by atoms with Crippen molar-refractivity contribution in [3.05, 3.63) is 33.5 Å². The lowest BCUT2D eigenvalue weighted by molar-refractivity contribution is 0.0210. The molecule has 0 spiro atoms. The highest BCUT2D eigenvalue weighted by molar-refractivity contribution is 9.10. The van der Waals surface area contributed by atoms with Crippen LogP contribution in [0.15, 0.2) is 28.7 Å². The fourth-order valence-electron chi connectivity index (χ4n) is 2.17. The van der Waals surface area contributed by atoms with Gasteiger partial charge in [0.15, 0.2) is 5.82 Å². The summed E-state index contributed by atoms with van der Waals surface area (Å²) in [7, 11) is 0. The fourth-order valence-corrected chi connectivity index (χ4v) is 2.84. The molecule has 2 aromatic rings. The SMILES string of the molecule is S=c1nc(-c2ccccc2Br)[nH]n1CN1CCOCC1. The highest BCUT2D eigenvalue weighted by Gasteiger charge is 2.13. The number of hydrogen-bond donors (Lipinski definition) is 1. The van der Waals surface area contributed by atoms with Crippen LogP contribution in [0.1, 0.15) is 0 Å². The Morgan fingerprint density at radius 1 is 1.30 bits per heavy atom. The first-order chi connectivity index (χ1) is 9.74. The maximum absolute atomic E-state index is 5.35. The molecule has 20 heavy (non-hydrogen) atoms. The third-order valence-corrected chi connectivity index (χ3v) is 4.26. The number of rotatable bonds is 3. The first-order valence-corrected chi connectivity index (χ1v) is 7.66. The van der Waals surface area contributed by atoms with Crippen molar-refractivity contribution in [3.63, 3.8) is 0 Å². The first kappa shape index (κ1) is 13.9. The van der Waals surface area contributed by atoms with Crippen molar-refractivity contribution in [2.45, 2.75) is 6.67 Å². The van der Waals surface area contributed by atoms with Gasteiger partial charge in [-0.15, -0.1) is 0 Å². The highest BCUT2D eigenvalue weighted by atomic mass is 79.9. The van der Waals surface area contributed by atoms with Crippen LogP contribution in [0, 0.1) is 4.77 Å². The summed E-state index contributed by atoms with van der Waals surface area (Å²) >= 11 is 8.87. The Bertz CT molecular complexity index is 648. The molecule has 3 rings (SSSR count). The molecule has 5 nitrogen and oxygen atoms in total. The molecule has 1 aliphatic heterocycles. The van der Waals surface area contributed by atoms with E-state index in [1.165, 1.54) is 0 Å². The zero-order chi connectivity index (χ0) is 13.9. The Labute approximate surface area is 130 Å². The molecule has 0 radical (unpaired) electrons. The number of hydrogen-bond acceptors (Lipinski definition) is 4. The van der Waals surface area contributed by atoms with Crippen molar-refractivity contribution >= 4 is 28.1 Å². The minimum absolute atomic E-state index is 0.572. The van der Waals surface area contributed by atoms with Crippen LogP contribution in [-0.4, -0.2) is 46.0 Å². The summed E-state index contributed by atoms with van der Waals surface area (Å²) in [4.78, 5) is 6.73. The molecule has 0 saturated carbocycles. The van der Waals surface area contributed by atoms with Gasteiger partial charge in [0, 0.05) is 23.1 Å². The van der Waals surface area contributed by atoms with Crippen LogP contribution in [0.25, 0.3) is 11.4 Å². The minimum Gasteiger partial charge on any atom is -0.379 e. The van der Waals surface area contributed by atoms with Crippen LogP contribution < -0.4 is 0 Å². The van der Waals surface area contributed by atoms with Crippen LogP contribution in [0.3, 0.4) is 0 Å². The Hall–Kier alpha value is -1.02. The molecule has 7 heteroatoms. The summed E-state index contributed by atoms with van der Waals surface area (Å²) < 4.78 is 8.82. The first-order valence-electron chi connectivity index (χ1n) is 6.46. The summed E-state index contributed by atoms with van der Waals surface area (Å²) in [6.07, 6.45) is 0. The van der Waals surface area contributed by atoms with E-state index >= 15 is 0 Å². The van der Waals surface area contributed by atoms with Gasteiger partial charge < -0.3 is 4.74 Å². The maximum Gasteiger partial charge on any atom is 0.217 e. The third-order valence-electron chi connectivity index (χ3n) is 3.25. The molecule has 2 heterocycles. The largest absolute Gasteiger partial charge is 0.379 e. The molecule has 0 aliphatic carbocycles. The molecule has 1 aromatic carbocycles. The van der Waals surface area contributed by atoms with Gasteiger partial charge in [0.2, 0.25) is 4.77 Å². The normalized spacial score (nSPS) is 16.4. The number of nitrogens with one attached hydrogen (secondary N) is 1. The Morgan fingerprint density at radius 3 is 2.80 bits per heavy atom. The Kier molecular flexibility index (Phi) is 4.30. The van der Waals surface area contributed by atoms with Crippen molar-refractivity contribution in [3.8, 4) is 11.4 Å². The number of halogens is 1. The molecule has 1 saturated heterocycles. The number of aromatic nitrogens is 3. The molecule has 1 N–H and O–H groups in total. The maximum atomic E-state index is 5.35. The van der Waals surface area contributed by atoms with E-state index in [0.717, 1.165) is 48.8 Å². The average Bonchev–Trinajstić information content (AvgIpc) is 2.81. The van der Waals surface area contributed by atoms with Crippen LogP contribution in [0.2, 0.25) is 0 Å². The predicted molar refractivity (Wildman–Crippen MR) is 82.9 cm³/mol. The second-order valence-electron chi connectivity index (χ2n) is 4.63. The molecule has 0 unspecified atom stereocenters. The summed E-state index contributed by atoms with van der Waals surface area (Å²) in [6, 6.07) is 7.97. The zero-order valence-electron chi connectivity index (χ0n) is 10.9. The molecular formula is C13H15BrN4OS. The lowest BCUT2D eigenvalue weighted by atomic mass is 10.2. The number of benzene rings is 1. The van der Waals surface area contributed by atoms with Gasteiger partial charge in [0.1, 0.15) is 0 Å². The number of ether oxygens (including phenoxy) is 1. The fraction of sp³-hybridized carbons (Fsp3) is 0.385. The van der Waals surface area contributed by atoms with Gasteiger partial charge in [0.25, 0.3) is 0 Å². The van der Waals surface area contributed by atoms with E-state index in [1.54, 1.807) is 0 Å². The topological polar surface area (TPSA) is 46.1 Å². The van der Waals surface area contributed by atoms with Gasteiger partial charge in [-0.2, -0.15) is 4.98 Å². The highest BCUT2D eigenvalue weighted by Crippen LogP contribution is 2.24. The van der Waals surface area contributed by atoms with Crippen LogP contribution in [0.5, 0.6) is 0 Å². The van der Waals surface area contributed by atoms with E-state index in [9.17, 15) is 0 Å². The van der Waals surface area contributed by atoms with Crippen LogP contribution >= 0.6 is 28.1 Å². The van der Waals surface area contributed by atoms with E-state index in [4.69, 9.17) is 17.0 Å². The lowest BCUT2D eigenvalue weighted by Gasteiger charge is -2.26. The lowest BCUT2D eigenvalue weighted by Crippen LogP contribution is -2.37. The van der Waals surface area contributed by atoms with Gasteiger partial charge in [-0.05, 0) is 18.3 Å². The third kappa shape index (κ3) is 3.01. The standard InChI is InChI=1S/C13H15BrN4OS/c14-11-4-2-1-3-10(11)12-15-13(20)18(16-12)9-17-5-7-19-8-6-17/h1-4H,5-9H2,(H,15,16,20). The van der Waals surface area contributed by atoms with Gasteiger partial charge in [-0.25, -0.2) is 4.68 Å². The molecule has 1 aromatic heterocycles. The number of aromatic amines is 1. The molecule has 1 fully saturated rings. The van der Waals surface area contributed by atoms with Gasteiger partial charge >= 0.3 is 0 Å². The molecule has 0 amide bonds. The molecule has 0 atom stereocenters. The zero-order valence-corrected chi connectivity index (χ0v) is 13.3. The summed E-state index contributed by atoms with van der Waals surface area (Å²) in [5.41, 5.74) is 1.01. The van der Waals surface area contributed by atoms with Crippen molar-refractivity contribution < 1.29 is 4.74 Å². The quantitative estimate of drug-likeness (QED) is 0.860. The number of morpholine rings is 1. The number of H-pyrrole nitrogens is 1. The van der Waals surface area contributed by atoms with Crippen molar-refractivity contribution in [2.75, 3.05) is 26.3 Å². The molecular weight excluding hydrogens is 340 g/mol. The van der Waals surface area contributed by atoms with Crippen molar-refractivity contribution in [2.24, 2.45) is 0 Å². The summed E-state index contributed by atoms with van der Waals surface area (Å²) in [5.74, 6) is 0.788. The van der Waals surface area contributed by atoms with E-state index in [-0.39, 0.29) is 0 Å².